The Morgan fingerprint density at radius 3 is 2.56 bits per heavy atom. The molecule has 0 amide bonds. The van der Waals surface area contributed by atoms with Crippen LogP contribution in [-0.4, -0.2) is 52.9 Å². The number of carbonyl (C=O) groups is 2. The second kappa shape index (κ2) is 7.19. The molecular formula is C15H21N3O7. The van der Waals surface area contributed by atoms with Crippen molar-refractivity contribution in [2.24, 2.45) is 0 Å². The minimum absolute atomic E-state index is 0.0504. The molecule has 25 heavy (non-hydrogen) atoms. The summed E-state index contributed by atoms with van der Waals surface area (Å²) in [4.78, 5) is 56.4. The number of H-pyrrole nitrogens is 1. The summed E-state index contributed by atoms with van der Waals surface area (Å²) in [5, 5.41) is 1.15. The molecule has 1 aromatic heterocycles. The molecule has 1 fully saturated rings. The molecule has 2 heterocycles. The van der Waals surface area contributed by atoms with Crippen molar-refractivity contribution in [2.45, 2.75) is 39.0 Å². The molecule has 1 aliphatic rings. The highest BCUT2D eigenvalue weighted by Gasteiger charge is 2.56. The van der Waals surface area contributed by atoms with Gasteiger partial charge in [0.1, 0.15) is 6.04 Å². The Hall–Kier alpha value is -2.46. The maximum Gasteiger partial charge on any atom is 0.362 e. The number of aromatic amines is 1. The summed E-state index contributed by atoms with van der Waals surface area (Å²) in [6, 6.07) is -0.913. The SMILES string of the molecule is CCOC(=O)[C@H]1C[C@@](C(=O)OCC)(n2cc(C)c(=O)[nH]c2=O)ON1C. The Balaban J connectivity index is 2.57. The number of aryl methyl sites for hydroxylation is 1. The monoisotopic (exact) mass is 355 g/mol. The van der Waals surface area contributed by atoms with Crippen LogP contribution in [0.3, 0.4) is 0 Å². The van der Waals surface area contributed by atoms with E-state index in [1.54, 1.807) is 13.8 Å². The molecule has 0 spiro atoms. The molecule has 0 radical (unpaired) electrons. The van der Waals surface area contributed by atoms with E-state index in [-0.39, 0.29) is 25.2 Å². The van der Waals surface area contributed by atoms with Crippen LogP contribution in [0.15, 0.2) is 15.8 Å². The molecule has 1 aliphatic heterocycles. The van der Waals surface area contributed by atoms with Gasteiger partial charge in [0.15, 0.2) is 0 Å². The van der Waals surface area contributed by atoms with Crippen LogP contribution >= 0.6 is 0 Å². The maximum atomic E-state index is 12.6. The summed E-state index contributed by atoms with van der Waals surface area (Å²) in [6.07, 6.45) is 1.01. The average Bonchev–Trinajstić information content (AvgIpc) is 2.90. The van der Waals surface area contributed by atoms with E-state index in [4.69, 9.17) is 14.3 Å². The van der Waals surface area contributed by atoms with Gasteiger partial charge in [0.05, 0.1) is 13.2 Å². The zero-order valence-corrected chi connectivity index (χ0v) is 14.5. The number of ether oxygens (including phenoxy) is 2. The van der Waals surface area contributed by atoms with E-state index in [1.807, 2.05) is 0 Å². The van der Waals surface area contributed by atoms with Crippen molar-refractivity contribution in [3.05, 3.63) is 32.6 Å². The van der Waals surface area contributed by atoms with Crippen molar-refractivity contribution in [3.63, 3.8) is 0 Å². The van der Waals surface area contributed by atoms with Crippen LogP contribution in [0.5, 0.6) is 0 Å². The molecule has 10 nitrogen and oxygen atoms in total. The zero-order chi connectivity index (χ0) is 18.8. The fourth-order valence-electron chi connectivity index (χ4n) is 2.64. The van der Waals surface area contributed by atoms with E-state index in [2.05, 4.69) is 4.98 Å². The zero-order valence-electron chi connectivity index (χ0n) is 14.5. The number of carbonyl (C=O) groups excluding carboxylic acids is 2. The molecule has 0 aliphatic carbocycles. The number of hydrogen-bond donors (Lipinski definition) is 1. The minimum Gasteiger partial charge on any atom is -0.465 e. The topological polar surface area (TPSA) is 120 Å². The van der Waals surface area contributed by atoms with Crippen molar-refractivity contribution in [1.29, 1.82) is 0 Å². The van der Waals surface area contributed by atoms with Gasteiger partial charge in [-0.15, -0.1) is 0 Å². The van der Waals surface area contributed by atoms with Crippen LogP contribution in [0.25, 0.3) is 0 Å². The van der Waals surface area contributed by atoms with Crippen LogP contribution in [0, 0.1) is 6.92 Å². The number of hydrogen-bond acceptors (Lipinski definition) is 8. The number of rotatable bonds is 5. The molecular weight excluding hydrogens is 334 g/mol. The molecule has 1 saturated heterocycles. The molecule has 0 saturated carbocycles. The van der Waals surface area contributed by atoms with Gasteiger partial charge in [-0.1, -0.05) is 0 Å². The second-order valence-electron chi connectivity index (χ2n) is 5.56. The smallest absolute Gasteiger partial charge is 0.362 e. The summed E-state index contributed by atoms with van der Waals surface area (Å²) in [7, 11) is 1.45. The molecule has 0 aromatic carbocycles. The molecule has 1 aromatic rings. The number of likely N-dealkylation sites (N-methyl/N-ethyl adjacent to an activating group) is 1. The fraction of sp³-hybridized carbons (Fsp3) is 0.600. The predicted octanol–water partition coefficient (Wildman–Crippen LogP) is -0.740. The van der Waals surface area contributed by atoms with Crippen LogP contribution in [0.4, 0.5) is 0 Å². The van der Waals surface area contributed by atoms with Gasteiger partial charge in [-0.3, -0.25) is 24.0 Å². The Morgan fingerprint density at radius 1 is 1.32 bits per heavy atom. The van der Waals surface area contributed by atoms with Gasteiger partial charge in [-0.25, -0.2) is 9.59 Å². The molecule has 2 atom stereocenters. The van der Waals surface area contributed by atoms with Crippen LogP contribution in [0.1, 0.15) is 25.8 Å². The van der Waals surface area contributed by atoms with E-state index in [1.165, 1.54) is 20.2 Å². The van der Waals surface area contributed by atoms with E-state index >= 15 is 0 Å². The lowest BCUT2D eigenvalue weighted by Crippen LogP contribution is -2.51. The van der Waals surface area contributed by atoms with Gasteiger partial charge >= 0.3 is 17.6 Å². The molecule has 1 N–H and O–H groups in total. The number of aromatic nitrogens is 2. The summed E-state index contributed by atoms with van der Waals surface area (Å²) >= 11 is 0. The lowest BCUT2D eigenvalue weighted by atomic mass is 10.0. The van der Waals surface area contributed by atoms with Crippen LogP contribution in [-0.2, 0) is 29.6 Å². The van der Waals surface area contributed by atoms with E-state index < -0.39 is 35.0 Å². The lowest BCUT2D eigenvalue weighted by molar-refractivity contribution is -0.238. The highest BCUT2D eigenvalue weighted by molar-refractivity contribution is 5.81. The predicted molar refractivity (Wildman–Crippen MR) is 84.6 cm³/mol. The number of hydroxylamine groups is 2. The van der Waals surface area contributed by atoms with Crippen molar-refractivity contribution < 1.29 is 23.9 Å². The Labute approximate surface area is 143 Å². The van der Waals surface area contributed by atoms with Crippen molar-refractivity contribution >= 4 is 11.9 Å². The maximum absolute atomic E-state index is 12.6. The number of esters is 2. The van der Waals surface area contributed by atoms with Gasteiger partial charge in [0, 0.05) is 25.2 Å². The largest absolute Gasteiger partial charge is 0.465 e. The Kier molecular flexibility index (Phi) is 5.43. The molecule has 0 unspecified atom stereocenters. The first-order valence-corrected chi connectivity index (χ1v) is 7.85. The highest BCUT2D eigenvalue weighted by Crippen LogP contribution is 2.35. The quantitative estimate of drug-likeness (QED) is 0.686. The van der Waals surface area contributed by atoms with Crippen molar-refractivity contribution in [1.82, 2.24) is 14.6 Å². The average molecular weight is 355 g/mol. The standard InChI is InChI=1S/C15H21N3O7/c1-5-23-12(20)10-7-15(25-17(10)4,13(21)24-6-2)18-8-9(3)11(19)16-14(18)22/h8,10H,5-7H2,1-4H3,(H,16,19,22)/t10-,15-/m1/s1. The van der Waals surface area contributed by atoms with Crippen LogP contribution in [0.2, 0.25) is 0 Å². The lowest BCUT2D eigenvalue weighted by Gasteiger charge is -2.27. The minimum atomic E-state index is -1.91. The highest BCUT2D eigenvalue weighted by atomic mass is 16.7. The first kappa shape index (κ1) is 18.9. The second-order valence-corrected chi connectivity index (χ2v) is 5.56. The normalized spacial score (nSPS) is 23.4. The van der Waals surface area contributed by atoms with Gasteiger partial charge in [-0.2, -0.15) is 5.06 Å². The van der Waals surface area contributed by atoms with E-state index in [0.29, 0.717) is 0 Å². The first-order chi connectivity index (χ1) is 11.8. The van der Waals surface area contributed by atoms with E-state index in [0.717, 1.165) is 9.63 Å². The third kappa shape index (κ3) is 3.35. The van der Waals surface area contributed by atoms with Crippen molar-refractivity contribution in [3.8, 4) is 0 Å². The number of nitrogens with zero attached hydrogens (tertiary/aromatic N) is 2. The fourth-order valence-corrected chi connectivity index (χ4v) is 2.64. The third-order valence-corrected chi connectivity index (χ3v) is 3.87. The van der Waals surface area contributed by atoms with Gasteiger partial charge in [0.2, 0.25) is 0 Å². The molecule has 0 bridgehead atoms. The van der Waals surface area contributed by atoms with Gasteiger partial charge in [-0.05, 0) is 20.8 Å². The Bertz CT molecular complexity index is 784. The third-order valence-electron chi connectivity index (χ3n) is 3.87. The summed E-state index contributed by atoms with van der Waals surface area (Å²) in [5.41, 5.74) is -3.13. The van der Waals surface area contributed by atoms with Gasteiger partial charge in [0.25, 0.3) is 11.3 Å². The molecule has 10 heteroatoms. The summed E-state index contributed by atoms with van der Waals surface area (Å²) < 4.78 is 11.0. The summed E-state index contributed by atoms with van der Waals surface area (Å²) in [6.45, 7) is 4.95. The summed E-state index contributed by atoms with van der Waals surface area (Å²) in [5.74, 6) is -1.44. The van der Waals surface area contributed by atoms with Gasteiger partial charge < -0.3 is 9.47 Å². The van der Waals surface area contributed by atoms with E-state index in [9.17, 15) is 19.2 Å². The molecule has 138 valence electrons. The molecule has 2 rings (SSSR count). The number of nitrogens with one attached hydrogen (secondary N) is 1. The van der Waals surface area contributed by atoms with Crippen molar-refractivity contribution in [2.75, 3.05) is 20.3 Å². The van der Waals surface area contributed by atoms with Crippen LogP contribution < -0.4 is 11.2 Å². The Morgan fingerprint density at radius 2 is 1.96 bits per heavy atom. The first-order valence-electron chi connectivity index (χ1n) is 7.85.